The minimum absolute atomic E-state index is 0.200. The zero-order chi connectivity index (χ0) is 18.2. The molecule has 0 saturated heterocycles. The van der Waals surface area contributed by atoms with E-state index in [1.807, 2.05) is 25.1 Å². The Balaban J connectivity index is 2.01. The first kappa shape index (κ1) is 17.7. The van der Waals surface area contributed by atoms with Crippen LogP contribution in [-0.4, -0.2) is 13.4 Å². The predicted octanol–water partition coefficient (Wildman–Crippen LogP) is 4.83. The monoisotopic (exact) mass is 420 g/mol. The van der Waals surface area contributed by atoms with Crippen molar-refractivity contribution in [1.82, 2.24) is 4.98 Å². The average Bonchev–Trinajstić information content (AvgIpc) is 2.97. The first-order valence-corrected chi connectivity index (χ1v) is 9.86. The van der Waals surface area contributed by atoms with Crippen molar-refractivity contribution in [1.29, 1.82) is 0 Å². The van der Waals surface area contributed by atoms with Gasteiger partial charge < -0.3 is 4.42 Å². The van der Waals surface area contributed by atoms with Gasteiger partial charge in [-0.1, -0.05) is 18.2 Å². The van der Waals surface area contributed by atoms with Gasteiger partial charge in [0.15, 0.2) is 11.7 Å². The molecule has 0 aliphatic rings. The molecule has 0 amide bonds. The van der Waals surface area contributed by atoms with Crippen LogP contribution in [0.3, 0.4) is 0 Å². The molecule has 0 aliphatic carbocycles. The molecule has 0 fully saturated rings. The van der Waals surface area contributed by atoms with Crippen LogP contribution in [0.25, 0.3) is 11.3 Å². The third-order valence-corrected chi connectivity index (χ3v) is 5.92. The van der Waals surface area contributed by atoms with Crippen molar-refractivity contribution in [3.8, 4) is 11.3 Å². The number of hydrogen-bond acceptors (Lipinski definition) is 4. The lowest BCUT2D eigenvalue weighted by Crippen LogP contribution is -2.14. The number of hydrogen-bond donors (Lipinski definition) is 1. The molecule has 3 rings (SSSR count). The van der Waals surface area contributed by atoms with E-state index >= 15 is 0 Å². The SMILES string of the molecule is Cc1ccc(NS(=O)(=O)c2cc(-c3cnc(C)o3)ccc2C)c(Br)c1. The van der Waals surface area contributed by atoms with Crippen LogP contribution in [0.1, 0.15) is 17.0 Å². The van der Waals surface area contributed by atoms with Crippen LogP contribution in [-0.2, 0) is 10.0 Å². The predicted molar refractivity (Wildman–Crippen MR) is 101 cm³/mol. The first-order chi connectivity index (χ1) is 11.8. The Morgan fingerprint density at radius 1 is 1.08 bits per heavy atom. The molecular formula is C18H17BrN2O3S. The maximum Gasteiger partial charge on any atom is 0.262 e. The van der Waals surface area contributed by atoms with E-state index in [0.29, 0.717) is 32.9 Å². The number of nitrogens with zero attached hydrogens (tertiary/aromatic N) is 1. The number of sulfonamides is 1. The summed E-state index contributed by atoms with van der Waals surface area (Å²) < 4.78 is 34.6. The lowest BCUT2D eigenvalue weighted by molar-refractivity contribution is 0.534. The van der Waals surface area contributed by atoms with E-state index in [2.05, 4.69) is 25.6 Å². The van der Waals surface area contributed by atoms with Crippen LogP contribution in [0.4, 0.5) is 5.69 Å². The third-order valence-electron chi connectivity index (χ3n) is 3.75. The number of benzene rings is 2. The van der Waals surface area contributed by atoms with Gasteiger partial charge in [-0.15, -0.1) is 0 Å². The minimum atomic E-state index is -3.75. The van der Waals surface area contributed by atoms with Crippen LogP contribution in [0, 0.1) is 20.8 Å². The van der Waals surface area contributed by atoms with Gasteiger partial charge in [-0.05, 0) is 59.1 Å². The molecule has 0 spiro atoms. The van der Waals surface area contributed by atoms with Gasteiger partial charge >= 0.3 is 0 Å². The summed E-state index contributed by atoms with van der Waals surface area (Å²) in [6.07, 6.45) is 1.58. The van der Waals surface area contributed by atoms with Crippen molar-refractivity contribution < 1.29 is 12.8 Å². The molecule has 0 saturated carbocycles. The van der Waals surface area contributed by atoms with Crippen molar-refractivity contribution in [2.75, 3.05) is 4.72 Å². The van der Waals surface area contributed by atoms with Crippen LogP contribution in [0.5, 0.6) is 0 Å². The second-order valence-corrected chi connectivity index (χ2v) is 8.32. The normalized spacial score (nSPS) is 11.5. The summed E-state index contributed by atoms with van der Waals surface area (Å²) in [5.41, 5.74) is 2.84. The second-order valence-electron chi connectivity index (χ2n) is 5.81. The fourth-order valence-corrected chi connectivity index (χ4v) is 4.52. The molecule has 130 valence electrons. The summed E-state index contributed by atoms with van der Waals surface area (Å²) >= 11 is 3.39. The second kappa shape index (κ2) is 6.65. The smallest absolute Gasteiger partial charge is 0.262 e. The molecule has 1 heterocycles. The van der Waals surface area contributed by atoms with Crippen molar-refractivity contribution in [2.45, 2.75) is 25.7 Å². The van der Waals surface area contributed by atoms with E-state index in [-0.39, 0.29) is 4.90 Å². The Morgan fingerprint density at radius 3 is 2.48 bits per heavy atom. The highest BCUT2D eigenvalue weighted by Gasteiger charge is 2.20. The number of anilines is 1. The highest BCUT2D eigenvalue weighted by molar-refractivity contribution is 9.10. The highest BCUT2D eigenvalue weighted by atomic mass is 79.9. The minimum Gasteiger partial charge on any atom is -0.441 e. The van der Waals surface area contributed by atoms with Crippen molar-refractivity contribution >= 4 is 31.6 Å². The standard InChI is InChI=1S/C18H17BrN2O3S/c1-11-4-7-16(15(19)8-11)21-25(22,23)18-9-14(6-5-12(18)2)17-10-20-13(3)24-17/h4-10,21H,1-3H3. The van der Waals surface area contributed by atoms with Crippen molar-refractivity contribution in [3.05, 3.63) is 64.1 Å². The number of halogens is 1. The van der Waals surface area contributed by atoms with Crippen LogP contribution in [0.2, 0.25) is 0 Å². The quantitative estimate of drug-likeness (QED) is 0.655. The lowest BCUT2D eigenvalue weighted by Gasteiger charge is -2.13. The molecule has 0 radical (unpaired) electrons. The van der Waals surface area contributed by atoms with E-state index in [9.17, 15) is 8.42 Å². The molecule has 0 bridgehead atoms. The highest BCUT2D eigenvalue weighted by Crippen LogP contribution is 2.29. The van der Waals surface area contributed by atoms with Crippen LogP contribution in [0.15, 0.2) is 56.4 Å². The molecule has 1 N–H and O–H groups in total. The van der Waals surface area contributed by atoms with E-state index in [4.69, 9.17) is 4.42 Å². The van der Waals surface area contributed by atoms with Gasteiger partial charge in [0.05, 0.1) is 16.8 Å². The summed E-state index contributed by atoms with van der Waals surface area (Å²) in [5.74, 6) is 1.06. The fraction of sp³-hybridized carbons (Fsp3) is 0.167. The Labute approximate surface area is 155 Å². The Morgan fingerprint density at radius 2 is 1.84 bits per heavy atom. The summed E-state index contributed by atoms with van der Waals surface area (Å²) in [7, 11) is -3.75. The zero-order valence-electron chi connectivity index (χ0n) is 14.0. The molecule has 1 aromatic heterocycles. The molecule has 0 atom stereocenters. The van der Waals surface area contributed by atoms with Crippen LogP contribution < -0.4 is 4.72 Å². The summed E-state index contributed by atoms with van der Waals surface area (Å²) in [4.78, 5) is 4.26. The largest absolute Gasteiger partial charge is 0.441 e. The number of nitrogens with one attached hydrogen (secondary N) is 1. The molecule has 7 heteroatoms. The van der Waals surface area contributed by atoms with E-state index < -0.39 is 10.0 Å². The Bertz CT molecular complexity index is 1040. The van der Waals surface area contributed by atoms with E-state index in [1.54, 1.807) is 38.2 Å². The third kappa shape index (κ3) is 3.77. The van der Waals surface area contributed by atoms with E-state index in [1.165, 1.54) is 0 Å². The summed E-state index contributed by atoms with van der Waals surface area (Å²) in [5, 5.41) is 0. The average molecular weight is 421 g/mol. The van der Waals surface area contributed by atoms with Gasteiger partial charge in [-0.3, -0.25) is 4.72 Å². The van der Waals surface area contributed by atoms with Crippen molar-refractivity contribution in [2.24, 2.45) is 0 Å². The Kier molecular flexibility index (Phi) is 4.71. The molecule has 0 unspecified atom stereocenters. The molecule has 3 aromatic rings. The van der Waals surface area contributed by atoms with Gasteiger partial charge in [-0.25, -0.2) is 13.4 Å². The first-order valence-electron chi connectivity index (χ1n) is 7.59. The zero-order valence-corrected chi connectivity index (χ0v) is 16.4. The molecule has 5 nitrogen and oxygen atoms in total. The summed E-state index contributed by atoms with van der Waals surface area (Å²) in [6, 6.07) is 10.6. The topological polar surface area (TPSA) is 72.2 Å². The maximum atomic E-state index is 12.9. The van der Waals surface area contributed by atoms with Gasteiger partial charge in [0.2, 0.25) is 0 Å². The summed E-state index contributed by atoms with van der Waals surface area (Å²) in [6.45, 7) is 5.44. The maximum absolute atomic E-state index is 12.9. The molecular weight excluding hydrogens is 404 g/mol. The van der Waals surface area contributed by atoms with Gasteiger partial charge in [0.25, 0.3) is 10.0 Å². The van der Waals surface area contributed by atoms with E-state index in [0.717, 1.165) is 5.56 Å². The number of aromatic nitrogens is 1. The lowest BCUT2D eigenvalue weighted by atomic mass is 10.1. The molecule has 0 aliphatic heterocycles. The molecule has 25 heavy (non-hydrogen) atoms. The fourth-order valence-electron chi connectivity index (χ4n) is 2.44. The van der Waals surface area contributed by atoms with Crippen LogP contribution >= 0.6 is 15.9 Å². The van der Waals surface area contributed by atoms with Gasteiger partial charge in [0, 0.05) is 17.0 Å². The van der Waals surface area contributed by atoms with Gasteiger partial charge in [-0.2, -0.15) is 0 Å². The number of aryl methyl sites for hydroxylation is 3. The Hall–Kier alpha value is -2.12. The number of rotatable bonds is 4. The van der Waals surface area contributed by atoms with Gasteiger partial charge in [0.1, 0.15) is 0 Å². The van der Waals surface area contributed by atoms with Crippen molar-refractivity contribution in [3.63, 3.8) is 0 Å². The number of oxazole rings is 1. The molecule has 2 aromatic carbocycles.